The minimum atomic E-state index is -3.86. The van der Waals surface area contributed by atoms with Gasteiger partial charge in [0.2, 0.25) is 15.9 Å². The van der Waals surface area contributed by atoms with Gasteiger partial charge in [-0.2, -0.15) is 0 Å². The molecular weight excluding hydrogens is 406 g/mol. The van der Waals surface area contributed by atoms with Crippen LogP contribution in [0.2, 0.25) is 0 Å². The third kappa shape index (κ3) is 5.29. The van der Waals surface area contributed by atoms with Gasteiger partial charge in [-0.05, 0) is 55.8 Å². The highest BCUT2D eigenvalue weighted by molar-refractivity contribution is 7.89. The quantitative estimate of drug-likeness (QED) is 0.691. The van der Waals surface area contributed by atoms with Crippen LogP contribution in [0, 0.1) is 13.8 Å². The van der Waals surface area contributed by atoms with Crippen LogP contribution in [0.5, 0.6) is 11.5 Å². The molecule has 1 heterocycles. The number of sulfonamides is 1. The molecule has 1 atom stereocenters. The first-order chi connectivity index (χ1) is 14.2. The number of hydrogen-bond donors (Lipinski definition) is 2. The first-order valence-corrected chi connectivity index (χ1v) is 11.3. The molecule has 2 aromatic carbocycles. The maximum Gasteiger partial charge on any atom is 0.238 e. The number of aryl methyl sites for hydroxylation is 1. The molecule has 1 aliphatic heterocycles. The number of fused-ring (bicyclic) bond motifs is 1. The molecule has 0 saturated heterocycles. The van der Waals surface area contributed by atoms with Crippen molar-refractivity contribution in [3.63, 3.8) is 0 Å². The summed E-state index contributed by atoms with van der Waals surface area (Å²) >= 11 is 0. The van der Waals surface area contributed by atoms with Crippen molar-refractivity contribution < 1.29 is 22.7 Å². The molecule has 0 radical (unpaired) electrons. The standard InChI is InChI=1S/C21H27N3O5S/c1-4-24(11-16-13-28-19-7-5-6-8-20(19)29-16)12-21(25)23-18-10-17(30(22,26)27)9-14(2)15(18)3/h5-10,16H,4,11-13H2,1-3H3,(H,23,25)(H2,22,26,27). The number of rotatable bonds is 7. The van der Waals surface area contributed by atoms with Crippen LogP contribution >= 0.6 is 0 Å². The minimum absolute atomic E-state index is 0.0281. The zero-order valence-corrected chi connectivity index (χ0v) is 18.2. The van der Waals surface area contributed by atoms with Gasteiger partial charge in [0.1, 0.15) is 12.7 Å². The molecular formula is C21H27N3O5S. The van der Waals surface area contributed by atoms with E-state index in [0.717, 1.165) is 16.9 Å². The molecule has 3 rings (SSSR count). The summed E-state index contributed by atoms with van der Waals surface area (Å²) in [5.74, 6) is 1.17. The predicted octanol–water partition coefficient (Wildman–Crippen LogP) is 2.05. The number of primary sulfonamides is 1. The molecule has 0 bridgehead atoms. The van der Waals surface area contributed by atoms with Crippen LogP contribution in [0.15, 0.2) is 41.3 Å². The molecule has 1 unspecified atom stereocenters. The summed E-state index contributed by atoms with van der Waals surface area (Å²) in [7, 11) is -3.86. The monoisotopic (exact) mass is 433 g/mol. The maximum atomic E-state index is 12.6. The number of anilines is 1. The van der Waals surface area contributed by atoms with Crippen molar-refractivity contribution >= 4 is 21.6 Å². The number of benzene rings is 2. The predicted molar refractivity (Wildman–Crippen MR) is 114 cm³/mol. The molecule has 0 spiro atoms. The third-order valence-corrected chi connectivity index (χ3v) is 5.98. The van der Waals surface area contributed by atoms with Gasteiger partial charge in [-0.15, -0.1) is 0 Å². The molecule has 162 valence electrons. The number of nitrogens with zero attached hydrogens (tertiary/aromatic N) is 1. The first kappa shape index (κ1) is 22.1. The van der Waals surface area contributed by atoms with Gasteiger partial charge in [0, 0.05) is 12.2 Å². The molecule has 0 saturated carbocycles. The van der Waals surface area contributed by atoms with Crippen LogP contribution < -0.4 is 19.9 Å². The molecule has 1 aliphatic rings. The van der Waals surface area contributed by atoms with Gasteiger partial charge in [0.25, 0.3) is 0 Å². The SMILES string of the molecule is CCN(CC(=O)Nc1cc(S(N)(=O)=O)cc(C)c1C)CC1COc2ccccc2O1. The Morgan fingerprint density at radius 3 is 2.60 bits per heavy atom. The first-order valence-electron chi connectivity index (χ1n) is 9.72. The zero-order valence-electron chi connectivity index (χ0n) is 17.3. The topological polar surface area (TPSA) is 111 Å². The summed E-state index contributed by atoms with van der Waals surface area (Å²) in [5, 5.41) is 8.05. The van der Waals surface area contributed by atoms with E-state index in [1.54, 1.807) is 6.92 Å². The molecule has 1 amide bonds. The summed E-state index contributed by atoms with van der Waals surface area (Å²) in [5.41, 5.74) is 1.96. The molecule has 8 nitrogen and oxygen atoms in total. The number of carbonyl (C=O) groups is 1. The van der Waals surface area contributed by atoms with E-state index in [1.165, 1.54) is 12.1 Å². The zero-order chi connectivity index (χ0) is 21.9. The highest BCUT2D eigenvalue weighted by atomic mass is 32.2. The molecule has 3 N–H and O–H groups in total. The van der Waals surface area contributed by atoms with E-state index in [0.29, 0.717) is 31.1 Å². The molecule has 0 fully saturated rings. The van der Waals surface area contributed by atoms with E-state index in [-0.39, 0.29) is 23.5 Å². The van der Waals surface area contributed by atoms with Crippen molar-refractivity contribution in [1.29, 1.82) is 0 Å². The van der Waals surface area contributed by atoms with Crippen molar-refractivity contribution in [1.82, 2.24) is 4.90 Å². The van der Waals surface area contributed by atoms with E-state index in [9.17, 15) is 13.2 Å². The lowest BCUT2D eigenvalue weighted by molar-refractivity contribution is -0.117. The Morgan fingerprint density at radius 1 is 1.23 bits per heavy atom. The number of nitrogens with two attached hydrogens (primary N) is 1. The number of nitrogens with one attached hydrogen (secondary N) is 1. The second-order valence-electron chi connectivity index (χ2n) is 7.33. The normalized spacial score (nSPS) is 15.8. The lowest BCUT2D eigenvalue weighted by Gasteiger charge is -2.30. The van der Waals surface area contributed by atoms with Gasteiger partial charge in [-0.1, -0.05) is 19.1 Å². The van der Waals surface area contributed by atoms with Crippen LogP contribution in [-0.2, 0) is 14.8 Å². The van der Waals surface area contributed by atoms with Gasteiger partial charge in [0.05, 0.1) is 11.4 Å². The van der Waals surface area contributed by atoms with Crippen LogP contribution in [0.3, 0.4) is 0 Å². The average molecular weight is 434 g/mol. The van der Waals surface area contributed by atoms with Gasteiger partial charge >= 0.3 is 0 Å². The van der Waals surface area contributed by atoms with Crippen LogP contribution in [0.1, 0.15) is 18.1 Å². The van der Waals surface area contributed by atoms with Crippen LogP contribution in [0.25, 0.3) is 0 Å². The van der Waals surface area contributed by atoms with E-state index >= 15 is 0 Å². The number of para-hydroxylation sites is 2. The largest absolute Gasteiger partial charge is 0.486 e. The highest BCUT2D eigenvalue weighted by Crippen LogP contribution is 2.31. The van der Waals surface area contributed by atoms with Crippen LogP contribution in [-0.4, -0.2) is 51.6 Å². The Balaban J connectivity index is 1.64. The number of likely N-dealkylation sites (N-methyl/N-ethyl adjacent to an activating group) is 1. The molecule has 0 aliphatic carbocycles. The molecule has 9 heteroatoms. The smallest absolute Gasteiger partial charge is 0.238 e. The fourth-order valence-corrected chi connectivity index (χ4v) is 3.88. The van der Waals surface area contributed by atoms with Gasteiger partial charge < -0.3 is 14.8 Å². The Kier molecular flexibility index (Phi) is 6.64. The Labute approximate surface area is 177 Å². The Morgan fingerprint density at radius 2 is 1.93 bits per heavy atom. The van der Waals surface area contributed by atoms with E-state index < -0.39 is 10.0 Å². The van der Waals surface area contributed by atoms with Crippen molar-refractivity contribution in [2.24, 2.45) is 5.14 Å². The molecule has 0 aromatic heterocycles. The van der Waals surface area contributed by atoms with E-state index in [1.807, 2.05) is 43.0 Å². The van der Waals surface area contributed by atoms with Crippen molar-refractivity contribution in [3.05, 3.63) is 47.5 Å². The van der Waals surface area contributed by atoms with Crippen molar-refractivity contribution in [2.45, 2.75) is 31.8 Å². The maximum absolute atomic E-state index is 12.6. The van der Waals surface area contributed by atoms with E-state index in [2.05, 4.69) is 5.32 Å². The van der Waals surface area contributed by atoms with Gasteiger partial charge in [0.15, 0.2) is 11.5 Å². The van der Waals surface area contributed by atoms with Gasteiger partial charge in [-0.3, -0.25) is 9.69 Å². The van der Waals surface area contributed by atoms with E-state index in [4.69, 9.17) is 14.6 Å². The summed E-state index contributed by atoms with van der Waals surface area (Å²) in [6.07, 6.45) is -0.192. The lowest BCUT2D eigenvalue weighted by Crippen LogP contribution is -2.43. The average Bonchev–Trinajstić information content (AvgIpc) is 2.69. The van der Waals surface area contributed by atoms with Crippen LogP contribution in [0.4, 0.5) is 5.69 Å². The fourth-order valence-electron chi connectivity index (χ4n) is 3.26. The second kappa shape index (κ2) is 9.03. The highest BCUT2D eigenvalue weighted by Gasteiger charge is 2.24. The minimum Gasteiger partial charge on any atom is -0.486 e. The summed E-state index contributed by atoms with van der Waals surface area (Å²) in [6, 6.07) is 10.4. The number of ether oxygens (including phenoxy) is 2. The van der Waals surface area contributed by atoms with Crippen molar-refractivity contribution in [2.75, 3.05) is 31.6 Å². The van der Waals surface area contributed by atoms with Crippen molar-refractivity contribution in [3.8, 4) is 11.5 Å². The third-order valence-electron chi connectivity index (χ3n) is 5.09. The number of hydrogen-bond acceptors (Lipinski definition) is 6. The molecule has 30 heavy (non-hydrogen) atoms. The molecule has 2 aromatic rings. The Bertz CT molecular complexity index is 1040. The Hall–Kier alpha value is -2.62. The fraction of sp³-hybridized carbons (Fsp3) is 0.381. The summed E-state index contributed by atoms with van der Waals surface area (Å²) in [6.45, 7) is 7.26. The number of carbonyl (C=O) groups excluding carboxylic acids is 1. The summed E-state index contributed by atoms with van der Waals surface area (Å²) in [4.78, 5) is 14.6. The lowest BCUT2D eigenvalue weighted by atomic mass is 10.1. The summed E-state index contributed by atoms with van der Waals surface area (Å²) < 4.78 is 35.1. The second-order valence-corrected chi connectivity index (χ2v) is 8.89. The number of amides is 1. The van der Waals surface area contributed by atoms with Gasteiger partial charge in [-0.25, -0.2) is 13.6 Å².